The molecule has 2 aromatic rings. The molecule has 0 unspecified atom stereocenters. The maximum absolute atomic E-state index is 11.7. The summed E-state index contributed by atoms with van der Waals surface area (Å²) in [6.07, 6.45) is 1.63. The van der Waals surface area contributed by atoms with Crippen molar-refractivity contribution in [2.75, 3.05) is 0 Å². The Bertz CT molecular complexity index is 495. The van der Waals surface area contributed by atoms with Crippen LogP contribution in [-0.4, -0.2) is 11.0 Å². The Balaban J connectivity index is 2.72. The van der Waals surface area contributed by atoms with E-state index in [-0.39, 0.29) is 5.56 Å². The van der Waals surface area contributed by atoms with Gasteiger partial charge in [0.25, 0.3) is 0 Å². The van der Waals surface area contributed by atoms with Gasteiger partial charge in [0.15, 0.2) is 0 Å². The van der Waals surface area contributed by atoms with E-state index in [1.807, 2.05) is 0 Å². The number of aromatic nitrogens is 1. The first-order valence-electron chi connectivity index (χ1n) is 3.82. The average molecular weight is 214 g/mol. The van der Waals surface area contributed by atoms with Crippen LogP contribution in [0.25, 0.3) is 10.9 Å². The first-order valence-corrected chi connectivity index (χ1v) is 4.19. The lowest BCUT2D eigenvalue weighted by Crippen LogP contribution is -1.99. The second-order valence-electron chi connectivity index (χ2n) is 2.76. The van der Waals surface area contributed by atoms with Crippen molar-refractivity contribution in [1.82, 2.24) is 4.98 Å². The van der Waals surface area contributed by atoms with Crippen molar-refractivity contribution in [3.8, 4) is 0 Å². The zero-order valence-electron chi connectivity index (χ0n) is 6.88. The fourth-order valence-corrected chi connectivity index (χ4v) is 1.56. The van der Waals surface area contributed by atoms with Gasteiger partial charge in [-0.2, -0.15) is 0 Å². The highest BCUT2D eigenvalue weighted by molar-refractivity contribution is 6.32. The average Bonchev–Trinajstić information content (AvgIpc) is 2.62. The van der Waals surface area contributed by atoms with E-state index in [2.05, 4.69) is 9.93 Å². The van der Waals surface area contributed by atoms with E-state index in [1.165, 1.54) is 6.07 Å². The molecule has 2 rings (SSSR count). The molecule has 0 atom stereocenters. The molecule has 0 aliphatic carbocycles. The highest BCUT2D eigenvalue weighted by Crippen LogP contribution is 2.23. The molecule has 1 aromatic heterocycles. The Morgan fingerprint density at radius 1 is 1.50 bits per heavy atom. The molecule has 1 aromatic carbocycles. The van der Waals surface area contributed by atoms with Crippen molar-refractivity contribution in [1.29, 1.82) is 0 Å². The van der Waals surface area contributed by atoms with Gasteiger partial charge >= 0.3 is 5.97 Å². The molecule has 14 heavy (non-hydrogen) atoms. The summed E-state index contributed by atoms with van der Waals surface area (Å²) < 4.78 is 11.7. The minimum absolute atomic E-state index is 0.0833. The summed E-state index contributed by atoms with van der Waals surface area (Å²) in [5.41, 5.74) is 0.594. The molecule has 0 fully saturated rings. The number of benzene rings is 1. The quantitative estimate of drug-likeness (QED) is 0.792. The number of carbonyl (C=O) groups is 1. The molecule has 0 amide bonds. The Kier molecular flexibility index (Phi) is 2.13. The highest BCUT2D eigenvalue weighted by atomic mass is 35.5. The van der Waals surface area contributed by atoms with Gasteiger partial charge in [-0.3, -0.25) is 0 Å². The van der Waals surface area contributed by atoms with Crippen LogP contribution in [0, 0.1) is 0 Å². The minimum atomic E-state index is -1.06. The number of hydrogen-bond donors (Lipinski definition) is 1. The molecule has 0 bridgehead atoms. The van der Waals surface area contributed by atoms with Crippen LogP contribution in [0.4, 0.5) is 4.53 Å². The second-order valence-corrected chi connectivity index (χ2v) is 3.20. The molecule has 1 N–H and O–H groups in total. The van der Waals surface area contributed by atoms with Gasteiger partial charge in [0.05, 0.1) is 11.1 Å². The second kappa shape index (κ2) is 3.31. The molecule has 0 saturated heterocycles. The number of nitrogens with one attached hydrogen (secondary N) is 1. The summed E-state index contributed by atoms with van der Waals surface area (Å²) in [6.45, 7) is 0. The van der Waals surface area contributed by atoms with Crippen LogP contribution in [0.1, 0.15) is 10.4 Å². The fourth-order valence-electron chi connectivity index (χ4n) is 1.34. The van der Waals surface area contributed by atoms with Gasteiger partial charge < -0.3 is 4.98 Å². The summed E-state index contributed by atoms with van der Waals surface area (Å²) in [5, 5.41) is 1.09. The number of fused-ring (bicyclic) bond motifs is 1. The molecule has 3 nitrogen and oxygen atoms in total. The molecule has 0 spiro atoms. The molecule has 5 heteroatoms. The third-order valence-corrected chi connectivity index (χ3v) is 2.13. The Morgan fingerprint density at radius 3 is 3.00 bits per heavy atom. The van der Waals surface area contributed by atoms with Crippen LogP contribution >= 0.6 is 11.6 Å². The maximum atomic E-state index is 11.7. The van der Waals surface area contributed by atoms with Crippen molar-refractivity contribution >= 4 is 28.5 Å². The van der Waals surface area contributed by atoms with Gasteiger partial charge in [-0.15, -0.1) is 0 Å². The molecule has 0 radical (unpaired) electrons. The molecule has 0 saturated carbocycles. The third kappa shape index (κ3) is 1.33. The monoisotopic (exact) mass is 213 g/mol. The van der Waals surface area contributed by atoms with Gasteiger partial charge in [-0.05, 0) is 18.2 Å². The Morgan fingerprint density at radius 2 is 2.29 bits per heavy atom. The van der Waals surface area contributed by atoms with Crippen LogP contribution in [0.15, 0.2) is 24.4 Å². The van der Waals surface area contributed by atoms with Crippen molar-refractivity contribution in [3.63, 3.8) is 0 Å². The molecule has 0 aliphatic heterocycles. The van der Waals surface area contributed by atoms with E-state index in [9.17, 15) is 9.32 Å². The number of aromatic amines is 1. The summed E-state index contributed by atoms with van der Waals surface area (Å²) >= 11 is 5.74. The predicted molar refractivity (Wildman–Crippen MR) is 49.8 cm³/mol. The van der Waals surface area contributed by atoms with E-state index in [1.54, 1.807) is 18.3 Å². The first-order chi connectivity index (χ1) is 6.72. The summed E-state index contributed by atoms with van der Waals surface area (Å²) in [6, 6.07) is 4.75. The molecule has 1 heterocycles. The van der Waals surface area contributed by atoms with Crippen LogP contribution in [0.5, 0.6) is 0 Å². The smallest absolute Gasteiger partial charge is 0.360 e. The third-order valence-electron chi connectivity index (χ3n) is 1.91. The SMILES string of the molecule is O=C(OF)c1cc(Cl)cc2cc[nH]c12. The Hall–Kier alpha value is -1.55. The molecular formula is C9H5ClFNO2. The fraction of sp³-hybridized carbons (Fsp3) is 0. The number of carbonyl (C=O) groups excluding carboxylic acids is 1. The van der Waals surface area contributed by atoms with Gasteiger partial charge in [-0.25, -0.2) is 9.74 Å². The van der Waals surface area contributed by atoms with Gasteiger partial charge in [0, 0.05) is 21.1 Å². The Labute approximate surface area is 83.3 Å². The van der Waals surface area contributed by atoms with E-state index < -0.39 is 5.97 Å². The normalized spacial score (nSPS) is 10.4. The standard InChI is InChI=1S/C9H5ClFNO2/c10-6-3-5-1-2-12-8(5)7(4-6)9(13)14-11/h1-4,12H. The van der Waals surface area contributed by atoms with Gasteiger partial charge in [-0.1, -0.05) is 11.6 Å². The molecular weight excluding hydrogens is 209 g/mol. The maximum Gasteiger partial charge on any atom is 0.381 e. The zero-order valence-corrected chi connectivity index (χ0v) is 7.64. The lowest BCUT2D eigenvalue weighted by Gasteiger charge is -1.99. The van der Waals surface area contributed by atoms with Crippen molar-refractivity contribution in [2.24, 2.45) is 0 Å². The lowest BCUT2D eigenvalue weighted by molar-refractivity contribution is -0.0786. The summed E-state index contributed by atoms with van der Waals surface area (Å²) in [4.78, 5) is 17.0. The van der Waals surface area contributed by atoms with E-state index in [0.29, 0.717) is 10.5 Å². The number of rotatable bonds is 1. The lowest BCUT2D eigenvalue weighted by atomic mass is 10.1. The van der Waals surface area contributed by atoms with Crippen molar-refractivity contribution in [2.45, 2.75) is 0 Å². The van der Waals surface area contributed by atoms with E-state index >= 15 is 0 Å². The minimum Gasteiger partial charge on any atom is -0.360 e. The van der Waals surface area contributed by atoms with Gasteiger partial charge in [0.2, 0.25) is 0 Å². The molecule has 0 aliphatic rings. The van der Waals surface area contributed by atoms with Crippen LogP contribution in [-0.2, 0) is 4.94 Å². The van der Waals surface area contributed by atoms with E-state index in [4.69, 9.17) is 11.6 Å². The topological polar surface area (TPSA) is 42.1 Å². The largest absolute Gasteiger partial charge is 0.381 e. The number of halogens is 2. The summed E-state index contributed by atoms with van der Waals surface area (Å²) in [5.74, 6) is -1.06. The van der Waals surface area contributed by atoms with Crippen molar-refractivity contribution in [3.05, 3.63) is 35.0 Å². The zero-order chi connectivity index (χ0) is 10.1. The first kappa shape index (κ1) is 9.02. The van der Waals surface area contributed by atoms with Crippen LogP contribution < -0.4 is 0 Å². The van der Waals surface area contributed by atoms with Crippen LogP contribution in [0.2, 0.25) is 5.02 Å². The highest BCUT2D eigenvalue weighted by Gasteiger charge is 2.14. The number of H-pyrrole nitrogens is 1. The predicted octanol–water partition coefficient (Wildman–Crippen LogP) is 2.86. The summed E-state index contributed by atoms with van der Waals surface area (Å²) in [7, 11) is 0. The van der Waals surface area contributed by atoms with E-state index in [0.717, 1.165) is 5.39 Å². The van der Waals surface area contributed by atoms with Crippen LogP contribution in [0.3, 0.4) is 0 Å². The molecule has 72 valence electrons. The van der Waals surface area contributed by atoms with Gasteiger partial charge in [0.1, 0.15) is 0 Å². The number of hydrogen-bond acceptors (Lipinski definition) is 2. The van der Waals surface area contributed by atoms with Crippen molar-refractivity contribution < 1.29 is 14.3 Å².